The summed E-state index contributed by atoms with van der Waals surface area (Å²) in [6.45, 7) is -2.90. The average Bonchev–Trinajstić information content (AvgIpc) is 3.05. The fraction of sp³-hybridized carbons (Fsp3) is 0.235. The molecular formula is C17H13BrF2N2O2. The van der Waals surface area contributed by atoms with E-state index in [4.69, 9.17) is 0 Å². The highest BCUT2D eigenvalue weighted by molar-refractivity contribution is 9.10. The van der Waals surface area contributed by atoms with Crippen LogP contribution in [0.2, 0.25) is 0 Å². The van der Waals surface area contributed by atoms with E-state index < -0.39 is 12.7 Å². The number of para-hydroxylation sites is 1. The monoisotopic (exact) mass is 394 g/mol. The predicted molar refractivity (Wildman–Crippen MR) is 87.4 cm³/mol. The third-order valence-electron chi connectivity index (χ3n) is 4.26. The SMILES string of the molecule is O[C@H]1C[C@@H](c2ccccc2OC(F)F)c2c1nc1ccc(Br)cn21. The highest BCUT2D eigenvalue weighted by Crippen LogP contribution is 2.46. The lowest BCUT2D eigenvalue weighted by atomic mass is 9.95. The molecule has 2 atom stereocenters. The second kappa shape index (κ2) is 5.82. The van der Waals surface area contributed by atoms with E-state index >= 15 is 0 Å². The number of aliphatic hydroxyl groups is 1. The molecule has 1 aromatic carbocycles. The number of benzene rings is 1. The Morgan fingerprint density at radius 2 is 2.04 bits per heavy atom. The van der Waals surface area contributed by atoms with Crippen LogP contribution in [0.3, 0.4) is 0 Å². The lowest BCUT2D eigenvalue weighted by molar-refractivity contribution is -0.0505. The Kier molecular flexibility index (Phi) is 3.77. The van der Waals surface area contributed by atoms with Gasteiger partial charge in [-0.1, -0.05) is 18.2 Å². The molecular weight excluding hydrogens is 382 g/mol. The van der Waals surface area contributed by atoms with Gasteiger partial charge in [0.25, 0.3) is 0 Å². The number of aliphatic hydroxyl groups excluding tert-OH is 1. The first-order chi connectivity index (χ1) is 11.5. The van der Waals surface area contributed by atoms with E-state index in [1.807, 2.05) is 22.7 Å². The minimum Gasteiger partial charge on any atom is -0.435 e. The topological polar surface area (TPSA) is 46.8 Å². The van der Waals surface area contributed by atoms with Crippen molar-refractivity contribution < 1.29 is 18.6 Å². The van der Waals surface area contributed by atoms with Gasteiger partial charge in [-0.2, -0.15) is 8.78 Å². The Labute approximate surface area is 144 Å². The molecule has 2 heterocycles. The van der Waals surface area contributed by atoms with Crippen LogP contribution in [0.15, 0.2) is 47.1 Å². The van der Waals surface area contributed by atoms with Crippen molar-refractivity contribution >= 4 is 21.6 Å². The zero-order valence-electron chi connectivity index (χ0n) is 12.4. The number of fused-ring (bicyclic) bond motifs is 3. The minimum atomic E-state index is -2.90. The molecule has 0 fully saturated rings. The van der Waals surface area contributed by atoms with Crippen molar-refractivity contribution in [2.45, 2.75) is 25.1 Å². The van der Waals surface area contributed by atoms with E-state index in [1.165, 1.54) is 6.07 Å². The maximum atomic E-state index is 12.7. The van der Waals surface area contributed by atoms with Crippen LogP contribution < -0.4 is 4.74 Å². The summed E-state index contributed by atoms with van der Waals surface area (Å²) in [6.07, 6.45) is 1.52. The second-order valence-electron chi connectivity index (χ2n) is 5.68. The zero-order chi connectivity index (χ0) is 16.8. The van der Waals surface area contributed by atoms with Gasteiger partial charge in [0.2, 0.25) is 0 Å². The molecule has 1 N–H and O–H groups in total. The fourth-order valence-corrected chi connectivity index (χ4v) is 3.68. The number of hydrogen-bond donors (Lipinski definition) is 1. The average molecular weight is 395 g/mol. The standard InChI is InChI=1S/C17H13BrF2N2O2/c18-9-5-6-14-21-15-12(23)7-11(16(15)22(14)8-9)10-3-1-2-4-13(10)24-17(19)20/h1-6,8,11-12,17,23H,7H2/t11-,12-/m0/s1. The van der Waals surface area contributed by atoms with Gasteiger partial charge in [0.1, 0.15) is 11.4 Å². The van der Waals surface area contributed by atoms with Crippen LogP contribution in [0.5, 0.6) is 5.75 Å². The van der Waals surface area contributed by atoms with Gasteiger partial charge in [0, 0.05) is 22.2 Å². The molecule has 2 aromatic heterocycles. The van der Waals surface area contributed by atoms with E-state index in [9.17, 15) is 13.9 Å². The lowest BCUT2D eigenvalue weighted by Crippen LogP contribution is -2.08. The van der Waals surface area contributed by atoms with Crippen molar-refractivity contribution in [2.24, 2.45) is 0 Å². The Bertz CT molecular complexity index is 913. The lowest BCUT2D eigenvalue weighted by Gasteiger charge is -2.17. The number of nitrogens with zero attached hydrogens (tertiary/aromatic N) is 2. The Balaban J connectivity index is 1.89. The van der Waals surface area contributed by atoms with Gasteiger partial charge in [-0.25, -0.2) is 4.98 Å². The molecule has 0 aliphatic heterocycles. The molecule has 0 bridgehead atoms. The van der Waals surface area contributed by atoms with Crippen LogP contribution in [0.4, 0.5) is 8.78 Å². The number of pyridine rings is 1. The van der Waals surface area contributed by atoms with Crippen molar-refractivity contribution in [2.75, 3.05) is 0 Å². The van der Waals surface area contributed by atoms with Crippen LogP contribution in [0.25, 0.3) is 5.65 Å². The summed E-state index contributed by atoms with van der Waals surface area (Å²) in [6, 6.07) is 10.4. The normalized spacial score (nSPS) is 19.9. The van der Waals surface area contributed by atoms with Gasteiger partial charge in [0.15, 0.2) is 0 Å². The summed E-state index contributed by atoms with van der Waals surface area (Å²) in [4.78, 5) is 4.48. The summed E-state index contributed by atoms with van der Waals surface area (Å²) in [7, 11) is 0. The number of rotatable bonds is 3. The minimum absolute atomic E-state index is 0.127. The first-order valence-electron chi connectivity index (χ1n) is 7.44. The van der Waals surface area contributed by atoms with Crippen molar-refractivity contribution in [3.05, 3.63) is 64.0 Å². The molecule has 124 valence electrons. The first kappa shape index (κ1) is 15.5. The number of alkyl halides is 2. The number of aromatic nitrogens is 2. The maximum absolute atomic E-state index is 12.7. The Morgan fingerprint density at radius 3 is 2.83 bits per heavy atom. The molecule has 1 aliphatic carbocycles. The van der Waals surface area contributed by atoms with E-state index in [-0.39, 0.29) is 11.7 Å². The van der Waals surface area contributed by atoms with E-state index in [0.717, 1.165) is 10.2 Å². The number of halogens is 3. The fourth-order valence-electron chi connectivity index (χ4n) is 3.34. The van der Waals surface area contributed by atoms with Crippen molar-refractivity contribution in [3.63, 3.8) is 0 Å². The molecule has 7 heteroatoms. The summed E-state index contributed by atoms with van der Waals surface area (Å²) in [5, 5.41) is 10.4. The Hall–Kier alpha value is -1.99. The van der Waals surface area contributed by atoms with Gasteiger partial charge >= 0.3 is 6.61 Å². The largest absolute Gasteiger partial charge is 0.435 e. The predicted octanol–water partition coefficient (Wildman–Crippen LogP) is 4.27. The van der Waals surface area contributed by atoms with Crippen LogP contribution in [0, 0.1) is 0 Å². The second-order valence-corrected chi connectivity index (χ2v) is 6.59. The highest BCUT2D eigenvalue weighted by atomic mass is 79.9. The van der Waals surface area contributed by atoms with Crippen molar-refractivity contribution in [1.82, 2.24) is 9.38 Å². The highest BCUT2D eigenvalue weighted by Gasteiger charge is 2.37. The molecule has 0 radical (unpaired) electrons. The summed E-state index contributed by atoms with van der Waals surface area (Å²) in [5.74, 6) is -0.142. The number of imidazole rings is 1. The van der Waals surface area contributed by atoms with E-state index in [2.05, 4.69) is 25.7 Å². The van der Waals surface area contributed by atoms with Gasteiger partial charge in [-0.05, 0) is 40.5 Å². The van der Waals surface area contributed by atoms with Gasteiger partial charge in [0.05, 0.1) is 17.5 Å². The maximum Gasteiger partial charge on any atom is 0.387 e. The van der Waals surface area contributed by atoms with Crippen LogP contribution in [0.1, 0.15) is 35.4 Å². The van der Waals surface area contributed by atoms with E-state index in [1.54, 1.807) is 18.2 Å². The molecule has 0 unspecified atom stereocenters. The number of hydrogen-bond acceptors (Lipinski definition) is 3. The van der Waals surface area contributed by atoms with Crippen LogP contribution in [-0.2, 0) is 0 Å². The van der Waals surface area contributed by atoms with E-state index in [0.29, 0.717) is 23.3 Å². The van der Waals surface area contributed by atoms with Crippen LogP contribution >= 0.6 is 15.9 Å². The quantitative estimate of drug-likeness (QED) is 0.721. The molecule has 0 amide bonds. The summed E-state index contributed by atoms with van der Waals surface area (Å²) < 4.78 is 32.8. The third kappa shape index (κ3) is 2.48. The van der Waals surface area contributed by atoms with Crippen molar-refractivity contribution in [3.8, 4) is 5.75 Å². The van der Waals surface area contributed by atoms with Gasteiger partial charge < -0.3 is 14.2 Å². The third-order valence-corrected chi connectivity index (χ3v) is 4.73. The molecule has 1 aliphatic rings. The zero-order valence-corrected chi connectivity index (χ0v) is 14.0. The molecule has 0 spiro atoms. The van der Waals surface area contributed by atoms with Gasteiger partial charge in [-0.3, -0.25) is 0 Å². The summed E-state index contributed by atoms with van der Waals surface area (Å²) in [5.41, 5.74) is 2.73. The first-order valence-corrected chi connectivity index (χ1v) is 8.23. The Morgan fingerprint density at radius 1 is 1.25 bits per heavy atom. The molecule has 4 nitrogen and oxygen atoms in total. The molecule has 0 saturated carbocycles. The number of ether oxygens (including phenoxy) is 1. The summed E-state index contributed by atoms with van der Waals surface area (Å²) >= 11 is 3.43. The smallest absolute Gasteiger partial charge is 0.387 e. The molecule has 24 heavy (non-hydrogen) atoms. The van der Waals surface area contributed by atoms with Crippen molar-refractivity contribution in [1.29, 1.82) is 0 Å². The van der Waals surface area contributed by atoms with Crippen LogP contribution in [-0.4, -0.2) is 21.1 Å². The molecule has 4 rings (SSSR count). The molecule has 0 saturated heterocycles. The van der Waals surface area contributed by atoms with Gasteiger partial charge in [-0.15, -0.1) is 0 Å². The molecule has 3 aromatic rings.